The number of hydrogen-bond donors (Lipinski definition) is 1. The molecule has 1 aromatic heterocycles. The lowest BCUT2D eigenvalue weighted by molar-refractivity contribution is -0.130. The number of rotatable bonds is 4. The van der Waals surface area contributed by atoms with Crippen molar-refractivity contribution in [3.8, 4) is 0 Å². The summed E-state index contributed by atoms with van der Waals surface area (Å²) >= 11 is 0. The maximum Gasteiger partial charge on any atom is 0.223 e. The molecule has 2 aliphatic rings. The molecule has 0 aromatic carbocycles. The Morgan fingerprint density at radius 1 is 1.47 bits per heavy atom. The molecule has 5 nitrogen and oxygen atoms in total. The Balaban J connectivity index is 1.52. The minimum Gasteiger partial charge on any atom is -0.341 e. The van der Waals surface area contributed by atoms with E-state index in [1.54, 1.807) is 6.20 Å². The fourth-order valence-electron chi connectivity index (χ4n) is 3.12. The van der Waals surface area contributed by atoms with Gasteiger partial charge in [0, 0.05) is 44.5 Å². The third kappa shape index (κ3) is 2.66. The van der Waals surface area contributed by atoms with Crippen molar-refractivity contribution in [2.75, 3.05) is 13.1 Å². The highest BCUT2D eigenvalue weighted by Gasteiger charge is 2.41. The quantitative estimate of drug-likeness (QED) is 0.862. The third-order valence-corrected chi connectivity index (χ3v) is 4.51. The van der Waals surface area contributed by atoms with E-state index in [9.17, 15) is 4.79 Å². The summed E-state index contributed by atoms with van der Waals surface area (Å²) in [6.45, 7) is 1.61. The molecule has 3 rings (SSSR count). The Morgan fingerprint density at radius 3 is 2.89 bits per heavy atom. The van der Waals surface area contributed by atoms with Gasteiger partial charge in [0.15, 0.2) is 0 Å². The van der Waals surface area contributed by atoms with Gasteiger partial charge in [0.05, 0.1) is 0 Å². The zero-order valence-corrected chi connectivity index (χ0v) is 11.5. The minimum atomic E-state index is 0.188. The van der Waals surface area contributed by atoms with Crippen molar-refractivity contribution in [1.29, 1.82) is 0 Å². The number of likely N-dealkylation sites (tertiary alicyclic amines) is 1. The van der Waals surface area contributed by atoms with Crippen molar-refractivity contribution in [2.24, 2.45) is 24.6 Å². The van der Waals surface area contributed by atoms with Crippen LogP contribution in [0.2, 0.25) is 0 Å². The number of aryl methyl sites for hydroxylation is 2. The highest BCUT2D eigenvalue weighted by atomic mass is 16.2. The maximum absolute atomic E-state index is 12.2. The van der Waals surface area contributed by atoms with Gasteiger partial charge in [0.25, 0.3) is 0 Å². The van der Waals surface area contributed by atoms with Crippen LogP contribution >= 0.6 is 0 Å². The summed E-state index contributed by atoms with van der Waals surface area (Å²) in [6, 6.07) is 2.16. The van der Waals surface area contributed by atoms with E-state index in [1.165, 1.54) is 12.8 Å². The minimum absolute atomic E-state index is 0.188. The molecule has 2 N–H and O–H groups in total. The summed E-state index contributed by atoms with van der Waals surface area (Å²) in [6.07, 6.45) is 5.69. The van der Waals surface area contributed by atoms with E-state index >= 15 is 0 Å². The van der Waals surface area contributed by atoms with Crippen LogP contribution in [0, 0.1) is 11.8 Å². The van der Waals surface area contributed by atoms with Gasteiger partial charge in [-0.2, -0.15) is 5.10 Å². The fraction of sp³-hybridized carbons (Fsp3) is 0.714. The molecule has 19 heavy (non-hydrogen) atoms. The van der Waals surface area contributed by atoms with Crippen LogP contribution in [0.15, 0.2) is 12.3 Å². The number of aromatic nitrogens is 2. The van der Waals surface area contributed by atoms with Crippen LogP contribution in [-0.2, 0) is 18.3 Å². The van der Waals surface area contributed by atoms with Crippen molar-refractivity contribution < 1.29 is 4.79 Å². The van der Waals surface area contributed by atoms with E-state index < -0.39 is 0 Å². The summed E-state index contributed by atoms with van der Waals surface area (Å²) in [5.41, 5.74) is 7.26. The molecule has 2 unspecified atom stereocenters. The lowest BCUT2D eigenvalue weighted by atomic mass is 9.99. The Kier molecular flexibility index (Phi) is 3.31. The average molecular weight is 262 g/mol. The molecular formula is C14H22N4O. The lowest BCUT2D eigenvalue weighted by Crippen LogP contribution is -2.32. The molecule has 1 aliphatic carbocycles. The Hall–Kier alpha value is -1.36. The maximum atomic E-state index is 12.2. The Labute approximate surface area is 113 Å². The number of carbonyl (C=O) groups excluding carboxylic acids is 1. The summed E-state index contributed by atoms with van der Waals surface area (Å²) < 4.78 is 1.83. The molecule has 104 valence electrons. The van der Waals surface area contributed by atoms with Crippen LogP contribution in [0.4, 0.5) is 0 Å². The molecule has 2 fully saturated rings. The van der Waals surface area contributed by atoms with Gasteiger partial charge in [0.2, 0.25) is 5.91 Å². The standard InChI is InChI=1S/C14H22N4O/c1-17-11(6-7-16-17)4-5-14(19)18-8-12(10-2-3-10)13(15)9-18/h6-7,10,12-13H,2-5,8-9,15H2,1H3. The van der Waals surface area contributed by atoms with Crippen LogP contribution < -0.4 is 5.73 Å². The molecule has 0 radical (unpaired) electrons. The summed E-state index contributed by atoms with van der Waals surface area (Å²) in [4.78, 5) is 14.2. The van der Waals surface area contributed by atoms with Crippen molar-refractivity contribution in [3.05, 3.63) is 18.0 Å². The SMILES string of the molecule is Cn1nccc1CCC(=O)N1CC(N)C(C2CC2)C1. The first kappa shape index (κ1) is 12.7. The van der Waals surface area contributed by atoms with E-state index in [1.807, 2.05) is 22.7 Å². The smallest absolute Gasteiger partial charge is 0.223 e. The molecule has 1 amide bonds. The molecule has 0 bridgehead atoms. The average Bonchev–Trinajstić information content (AvgIpc) is 3.04. The van der Waals surface area contributed by atoms with Gasteiger partial charge in [-0.05, 0) is 37.2 Å². The van der Waals surface area contributed by atoms with Gasteiger partial charge < -0.3 is 10.6 Å². The van der Waals surface area contributed by atoms with Crippen LogP contribution in [0.25, 0.3) is 0 Å². The van der Waals surface area contributed by atoms with Crippen molar-refractivity contribution >= 4 is 5.91 Å². The van der Waals surface area contributed by atoms with Crippen LogP contribution in [0.3, 0.4) is 0 Å². The van der Waals surface area contributed by atoms with E-state index in [2.05, 4.69) is 5.10 Å². The van der Waals surface area contributed by atoms with Crippen molar-refractivity contribution in [3.63, 3.8) is 0 Å². The van der Waals surface area contributed by atoms with Gasteiger partial charge in [-0.1, -0.05) is 0 Å². The molecule has 2 heterocycles. The first-order valence-electron chi connectivity index (χ1n) is 7.15. The largest absolute Gasteiger partial charge is 0.341 e. The molecular weight excluding hydrogens is 240 g/mol. The monoisotopic (exact) mass is 262 g/mol. The van der Waals surface area contributed by atoms with Gasteiger partial charge in [-0.3, -0.25) is 9.48 Å². The van der Waals surface area contributed by atoms with E-state index in [0.29, 0.717) is 12.3 Å². The number of hydrogen-bond acceptors (Lipinski definition) is 3. The summed E-state index contributed by atoms with van der Waals surface area (Å²) in [5.74, 6) is 1.56. The van der Waals surface area contributed by atoms with Crippen LogP contribution in [0.1, 0.15) is 25.0 Å². The lowest BCUT2D eigenvalue weighted by Gasteiger charge is -2.16. The number of amides is 1. The van der Waals surface area contributed by atoms with Crippen LogP contribution in [-0.4, -0.2) is 39.7 Å². The fourth-order valence-corrected chi connectivity index (χ4v) is 3.12. The second-order valence-electron chi connectivity index (χ2n) is 5.91. The molecule has 2 atom stereocenters. The number of nitrogens with two attached hydrogens (primary N) is 1. The van der Waals surface area contributed by atoms with Gasteiger partial charge in [-0.15, -0.1) is 0 Å². The number of nitrogens with zero attached hydrogens (tertiary/aromatic N) is 3. The molecule has 1 aromatic rings. The third-order valence-electron chi connectivity index (χ3n) is 4.51. The topological polar surface area (TPSA) is 64.2 Å². The molecule has 1 saturated heterocycles. The van der Waals surface area contributed by atoms with Crippen molar-refractivity contribution in [1.82, 2.24) is 14.7 Å². The molecule has 1 saturated carbocycles. The normalized spacial score (nSPS) is 26.9. The molecule has 0 spiro atoms. The molecule has 5 heteroatoms. The summed E-state index contributed by atoms with van der Waals surface area (Å²) in [7, 11) is 1.91. The second-order valence-corrected chi connectivity index (χ2v) is 5.91. The Morgan fingerprint density at radius 2 is 2.26 bits per heavy atom. The predicted molar refractivity (Wildman–Crippen MR) is 72.3 cm³/mol. The predicted octanol–water partition coefficient (Wildman–Crippen LogP) is 0.548. The highest BCUT2D eigenvalue weighted by Crippen LogP contribution is 2.40. The Bertz CT molecular complexity index is 466. The van der Waals surface area contributed by atoms with Gasteiger partial charge >= 0.3 is 0 Å². The van der Waals surface area contributed by atoms with E-state index in [0.717, 1.165) is 31.1 Å². The van der Waals surface area contributed by atoms with Crippen LogP contribution in [0.5, 0.6) is 0 Å². The van der Waals surface area contributed by atoms with Gasteiger partial charge in [-0.25, -0.2) is 0 Å². The zero-order chi connectivity index (χ0) is 13.4. The second kappa shape index (κ2) is 4.96. The first-order valence-corrected chi connectivity index (χ1v) is 7.15. The van der Waals surface area contributed by atoms with Crippen molar-refractivity contribution in [2.45, 2.75) is 31.7 Å². The zero-order valence-electron chi connectivity index (χ0n) is 11.5. The van der Waals surface area contributed by atoms with E-state index in [-0.39, 0.29) is 11.9 Å². The van der Waals surface area contributed by atoms with Gasteiger partial charge in [0.1, 0.15) is 0 Å². The molecule has 1 aliphatic heterocycles. The summed E-state index contributed by atoms with van der Waals surface area (Å²) in [5, 5.41) is 4.12. The van der Waals surface area contributed by atoms with E-state index in [4.69, 9.17) is 5.73 Å². The first-order chi connectivity index (χ1) is 9.15. The number of carbonyl (C=O) groups is 1. The highest BCUT2D eigenvalue weighted by molar-refractivity contribution is 5.76.